The smallest absolute Gasteiger partial charge is 0.202 e. The summed E-state index contributed by atoms with van der Waals surface area (Å²) in [7, 11) is 0. The zero-order valence-electron chi connectivity index (χ0n) is 6.27. The minimum atomic E-state index is -0.474. The van der Waals surface area contributed by atoms with E-state index in [0.717, 1.165) is 0 Å². The lowest BCUT2D eigenvalue weighted by atomic mass is 10.2. The Balaban J connectivity index is 2.92. The van der Waals surface area contributed by atoms with E-state index in [-0.39, 0.29) is 5.58 Å². The van der Waals surface area contributed by atoms with Crippen molar-refractivity contribution < 1.29 is 8.91 Å². The Morgan fingerprint density at radius 2 is 2.25 bits per heavy atom. The number of hydrogen-bond donors (Lipinski definition) is 0. The first-order valence-electron chi connectivity index (χ1n) is 3.39. The molecule has 0 amide bonds. The van der Waals surface area contributed by atoms with Crippen LogP contribution in [0.2, 0.25) is 5.02 Å². The zero-order chi connectivity index (χ0) is 8.72. The van der Waals surface area contributed by atoms with Gasteiger partial charge >= 0.3 is 0 Å². The lowest BCUT2D eigenvalue weighted by molar-refractivity contribution is 0.435. The molecule has 0 aliphatic heterocycles. The van der Waals surface area contributed by atoms with Crippen molar-refractivity contribution in [1.29, 1.82) is 0 Å². The summed E-state index contributed by atoms with van der Waals surface area (Å²) in [6.07, 6.45) is 0. The molecule has 0 saturated carbocycles. The van der Waals surface area contributed by atoms with E-state index in [4.69, 9.17) is 16.1 Å². The Morgan fingerprint density at radius 1 is 1.50 bits per heavy atom. The highest BCUT2D eigenvalue weighted by Gasteiger charge is 2.09. The van der Waals surface area contributed by atoms with Crippen molar-refractivity contribution in [2.75, 3.05) is 0 Å². The molecule has 0 saturated heterocycles. The molecule has 1 heterocycles. The molecule has 2 rings (SSSR count). The maximum atomic E-state index is 13.0. The summed E-state index contributed by atoms with van der Waals surface area (Å²) in [5.41, 5.74) is 0.809. The molecular formula is C8H5ClFNO. The SMILES string of the molecule is Cc1noc2c(F)cc(Cl)cc12. The minimum absolute atomic E-state index is 0.164. The second kappa shape index (κ2) is 2.45. The lowest BCUT2D eigenvalue weighted by Gasteiger charge is -1.91. The number of aromatic nitrogens is 1. The van der Waals surface area contributed by atoms with Crippen molar-refractivity contribution in [2.24, 2.45) is 0 Å². The Hall–Kier alpha value is -1.09. The summed E-state index contributed by atoms with van der Waals surface area (Å²) in [5, 5.41) is 4.60. The first-order valence-corrected chi connectivity index (χ1v) is 3.77. The van der Waals surface area contributed by atoms with Gasteiger partial charge < -0.3 is 4.52 Å². The lowest BCUT2D eigenvalue weighted by Crippen LogP contribution is -1.76. The predicted octanol–water partition coefficient (Wildman–Crippen LogP) is 2.93. The van der Waals surface area contributed by atoms with Crippen LogP contribution in [-0.2, 0) is 0 Å². The normalized spacial score (nSPS) is 10.9. The standard InChI is InChI=1S/C8H5ClFNO/c1-4-6-2-5(9)3-7(10)8(6)12-11-4/h2-3H,1H3. The second-order valence-electron chi connectivity index (χ2n) is 2.53. The monoisotopic (exact) mass is 185 g/mol. The van der Waals surface area contributed by atoms with E-state index in [2.05, 4.69) is 5.16 Å². The maximum Gasteiger partial charge on any atom is 0.202 e. The summed E-state index contributed by atoms with van der Waals surface area (Å²) in [6, 6.07) is 2.83. The van der Waals surface area contributed by atoms with E-state index >= 15 is 0 Å². The Morgan fingerprint density at radius 3 is 3.00 bits per heavy atom. The van der Waals surface area contributed by atoms with Gasteiger partial charge in [0.1, 0.15) is 0 Å². The number of aryl methyl sites for hydroxylation is 1. The van der Waals surface area contributed by atoms with Gasteiger partial charge in [-0.3, -0.25) is 0 Å². The summed E-state index contributed by atoms with van der Waals surface area (Å²) in [6.45, 7) is 1.74. The van der Waals surface area contributed by atoms with Gasteiger partial charge in [0.25, 0.3) is 0 Å². The molecule has 0 fully saturated rings. The van der Waals surface area contributed by atoms with Gasteiger partial charge in [-0.05, 0) is 19.1 Å². The molecule has 12 heavy (non-hydrogen) atoms. The summed E-state index contributed by atoms with van der Waals surface area (Å²) in [4.78, 5) is 0. The van der Waals surface area contributed by atoms with Crippen LogP contribution in [0.3, 0.4) is 0 Å². The largest absolute Gasteiger partial charge is 0.353 e. The number of halogens is 2. The fourth-order valence-corrected chi connectivity index (χ4v) is 1.29. The van der Waals surface area contributed by atoms with Crippen LogP contribution in [0, 0.1) is 12.7 Å². The number of benzene rings is 1. The van der Waals surface area contributed by atoms with Crippen LogP contribution < -0.4 is 0 Å². The topological polar surface area (TPSA) is 26.0 Å². The molecule has 1 aromatic carbocycles. The van der Waals surface area contributed by atoms with Crippen LogP contribution in [0.5, 0.6) is 0 Å². The van der Waals surface area contributed by atoms with Crippen molar-refractivity contribution in [1.82, 2.24) is 5.16 Å². The van der Waals surface area contributed by atoms with Crippen molar-refractivity contribution in [3.63, 3.8) is 0 Å². The second-order valence-corrected chi connectivity index (χ2v) is 2.97. The molecule has 0 aliphatic rings. The third kappa shape index (κ3) is 0.975. The highest BCUT2D eigenvalue weighted by atomic mass is 35.5. The van der Waals surface area contributed by atoms with Crippen molar-refractivity contribution >= 4 is 22.6 Å². The van der Waals surface area contributed by atoms with Gasteiger partial charge in [0.15, 0.2) is 5.82 Å². The van der Waals surface area contributed by atoms with Gasteiger partial charge in [-0.1, -0.05) is 16.8 Å². The van der Waals surface area contributed by atoms with Crippen LogP contribution >= 0.6 is 11.6 Å². The molecule has 0 N–H and O–H groups in total. The average molecular weight is 186 g/mol. The molecule has 0 unspecified atom stereocenters. The van der Waals surface area contributed by atoms with Gasteiger partial charge in [0.2, 0.25) is 5.58 Å². The first kappa shape index (κ1) is 7.55. The fourth-order valence-electron chi connectivity index (χ4n) is 1.09. The van der Waals surface area contributed by atoms with Gasteiger partial charge in [-0.15, -0.1) is 0 Å². The highest BCUT2D eigenvalue weighted by Crippen LogP contribution is 2.24. The Bertz CT molecular complexity index is 438. The molecule has 0 spiro atoms. The number of hydrogen-bond acceptors (Lipinski definition) is 2. The molecule has 2 aromatic rings. The molecule has 0 radical (unpaired) electrons. The number of nitrogens with zero attached hydrogens (tertiary/aromatic N) is 1. The molecule has 2 nitrogen and oxygen atoms in total. The van der Waals surface area contributed by atoms with Crippen LogP contribution in [0.25, 0.3) is 11.0 Å². The number of fused-ring (bicyclic) bond motifs is 1. The summed E-state index contributed by atoms with van der Waals surface area (Å²) in [5.74, 6) is -0.474. The van der Waals surface area contributed by atoms with Gasteiger partial charge in [-0.2, -0.15) is 0 Å². The molecule has 1 aromatic heterocycles. The predicted molar refractivity (Wildman–Crippen MR) is 43.7 cm³/mol. The summed E-state index contributed by atoms with van der Waals surface area (Å²) < 4.78 is 17.8. The maximum absolute atomic E-state index is 13.0. The van der Waals surface area contributed by atoms with Crippen LogP contribution in [-0.4, -0.2) is 5.16 Å². The van der Waals surface area contributed by atoms with Crippen LogP contribution in [0.4, 0.5) is 4.39 Å². The molecule has 0 bridgehead atoms. The number of rotatable bonds is 0. The average Bonchev–Trinajstić information content (AvgIpc) is 2.33. The molecule has 0 atom stereocenters. The molecule has 4 heteroatoms. The van der Waals surface area contributed by atoms with E-state index in [1.54, 1.807) is 13.0 Å². The van der Waals surface area contributed by atoms with E-state index in [1.165, 1.54) is 6.07 Å². The van der Waals surface area contributed by atoms with E-state index < -0.39 is 5.82 Å². The highest BCUT2D eigenvalue weighted by molar-refractivity contribution is 6.31. The Labute approximate surface area is 72.9 Å². The van der Waals surface area contributed by atoms with Crippen LogP contribution in [0.15, 0.2) is 16.7 Å². The quantitative estimate of drug-likeness (QED) is 0.631. The third-order valence-corrected chi connectivity index (χ3v) is 1.89. The van der Waals surface area contributed by atoms with Gasteiger partial charge in [0.05, 0.1) is 5.69 Å². The van der Waals surface area contributed by atoms with E-state index in [1.807, 2.05) is 0 Å². The zero-order valence-corrected chi connectivity index (χ0v) is 7.02. The molecule has 0 aliphatic carbocycles. The Kier molecular flexibility index (Phi) is 1.54. The van der Waals surface area contributed by atoms with Crippen molar-refractivity contribution in [3.8, 4) is 0 Å². The minimum Gasteiger partial charge on any atom is -0.353 e. The van der Waals surface area contributed by atoms with Gasteiger partial charge in [0, 0.05) is 10.4 Å². The van der Waals surface area contributed by atoms with Crippen LogP contribution in [0.1, 0.15) is 5.69 Å². The van der Waals surface area contributed by atoms with Crippen molar-refractivity contribution in [3.05, 3.63) is 28.7 Å². The summed E-state index contributed by atoms with van der Waals surface area (Å²) >= 11 is 5.64. The van der Waals surface area contributed by atoms with Crippen molar-refractivity contribution in [2.45, 2.75) is 6.92 Å². The molecule has 62 valence electrons. The van der Waals surface area contributed by atoms with E-state index in [9.17, 15) is 4.39 Å². The third-order valence-electron chi connectivity index (χ3n) is 1.67. The van der Waals surface area contributed by atoms with Gasteiger partial charge in [-0.25, -0.2) is 4.39 Å². The van der Waals surface area contributed by atoms with E-state index in [0.29, 0.717) is 16.1 Å². The molecular weight excluding hydrogens is 181 g/mol. The fraction of sp³-hybridized carbons (Fsp3) is 0.125. The first-order chi connectivity index (χ1) is 5.68.